The summed E-state index contributed by atoms with van der Waals surface area (Å²) in [6.45, 7) is 6.74. The Morgan fingerprint density at radius 3 is 2.76 bits per heavy atom. The minimum absolute atomic E-state index is 0.557. The van der Waals surface area contributed by atoms with Crippen LogP contribution < -0.4 is 11.1 Å². The van der Waals surface area contributed by atoms with Crippen LogP contribution in [-0.4, -0.2) is 11.0 Å². The molecule has 1 aliphatic rings. The van der Waals surface area contributed by atoms with Crippen LogP contribution in [-0.2, 0) is 0 Å². The summed E-state index contributed by atoms with van der Waals surface area (Å²) in [4.78, 5) is 4.39. The van der Waals surface area contributed by atoms with E-state index >= 15 is 0 Å². The number of anilines is 2. The maximum atomic E-state index is 5.72. The second-order valence-corrected chi connectivity index (χ2v) is 5.58. The van der Waals surface area contributed by atoms with Crippen LogP contribution in [0.25, 0.3) is 0 Å². The SMILES string of the molecule is Cc1cc(N)cnc1NC1CCC(C)CC1C. The van der Waals surface area contributed by atoms with Crippen LogP contribution in [0.3, 0.4) is 0 Å². The fourth-order valence-electron chi connectivity index (χ4n) is 2.80. The van der Waals surface area contributed by atoms with Crippen LogP contribution in [0.4, 0.5) is 11.5 Å². The Labute approximate surface area is 104 Å². The zero-order valence-electron chi connectivity index (χ0n) is 11.0. The number of nitrogens with two attached hydrogens (primary N) is 1. The molecule has 3 atom stereocenters. The molecule has 1 aliphatic carbocycles. The lowest BCUT2D eigenvalue weighted by Gasteiger charge is -2.33. The van der Waals surface area contributed by atoms with Gasteiger partial charge in [0.2, 0.25) is 0 Å². The van der Waals surface area contributed by atoms with Gasteiger partial charge in [0.15, 0.2) is 0 Å². The number of aryl methyl sites for hydroxylation is 1. The molecule has 0 aromatic carbocycles. The van der Waals surface area contributed by atoms with Crippen LogP contribution in [0.2, 0.25) is 0 Å². The quantitative estimate of drug-likeness (QED) is 0.824. The average Bonchev–Trinajstić information content (AvgIpc) is 2.25. The summed E-state index contributed by atoms with van der Waals surface area (Å²) in [6, 6.07) is 2.53. The Hall–Kier alpha value is -1.25. The Kier molecular flexibility index (Phi) is 3.55. The fraction of sp³-hybridized carbons (Fsp3) is 0.643. The summed E-state index contributed by atoms with van der Waals surface area (Å²) in [5.41, 5.74) is 7.59. The van der Waals surface area contributed by atoms with Crippen molar-refractivity contribution in [2.24, 2.45) is 11.8 Å². The first-order valence-electron chi connectivity index (χ1n) is 6.55. The standard InChI is InChI=1S/C14H23N3/c1-9-4-5-13(10(2)6-9)17-14-11(3)7-12(15)8-16-14/h7-10,13H,4-6,15H2,1-3H3,(H,16,17). The summed E-state index contributed by atoms with van der Waals surface area (Å²) in [5, 5.41) is 3.58. The normalized spacial score (nSPS) is 29.0. The Bertz CT molecular complexity index is 389. The van der Waals surface area contributed by atoms with Crippen molar-refractivity contribution >= 4 is 11.5 Å². The van der Waals surface area contributed by atoms with Crippen molar-refractivity contribution in [1.29, 1.82) is 0 Å². The van der Waals surface area contributed by atoms with Crippen molar-refractivity contribution in [2.75, 3.05) is 11.1 Å². The van der Waals surface area contributed by atoms with Crippen molar-refractivity contribution in [1.82, 2.24) is 4.98 Å². The molecule has 1 fully saturated rings. The molecule has 0 aliphatic heterocycles. The van der Waals surface area contributed by atoms with Crippen molar-refractivity contribution in [2.45, 2.75) is 46.1 Å². The van der Waals surface area contributed by atoms with Gasteiger partial charge in [-0.05, 0) is 49.7 Å². The number of pyridine rings is 1. The molecule has 1 saturated carbocycles. The van der Waals surface area contributed by atoms with Gasteiger partial charge < -0.3 is 11.1 Å². The third kappa shape index (κ3) is 2.90. The van der Waals surface area contributed by atoms with Gasteiger partial charge in [-0.1, -0.05) is 13.8 Å². The molecule has 0 spiro atoms. The minimum Gasteiger partial charge on any atom is -0.397 e. The van der Waals surface area contributed by atoms with Gasteiger partial charge in [0.05, 0.1) is 11.9 Å². The molecule has 3 unspecified atom stereocenters. The predicted octanol–water partition coefficient (Wildman–Crippen LogP) is 3.21. The largest absolute Gasteiger partial charge is 0.397 e. The van der Waals surface area contributed by atoms with Gasteiger partial charge in [-0.25, -0.2) is 4.98 Å². The maximum absolute atomic E-state index is 5.72. The third-order valence-corrected chi connectivity index (χ3v) is 3.85. The van der Waals surface area contributed by atoms with E-state index in [1.165, 1.54) is 19.3 Å². The molecule has 0 saturated heterocycles. The number of rotatable bonds is 2. The first-order chi connectivity index (χ1) is 8.06. The van der Waals surface area contributed by atoms with E-state index in [4.69, 9.17) is 5.73 Å². The van der Waals surface area contributed by atoms with Gasteiger partial charge in [-0.3, -0.25) is 0 Å². The molecule has 3 N–H and O–H groups in total. The van der Waals surface area contributed by atoms with E-state index in [0.717, 1.165) is 28.9 Å². The van der Waals surface area contributed by atoms with Crippen LogP contribution in [0.1, 0.15) is 38.7 Å². The van der Waals surface area contributed by atoms with Gasteiger partial charge in [0, 0.05) is 6.04 Å². The number of nitrogen functional groups attached to an aromatic ring is 1. The van der Waals surface area contributed by atoms with E-state index in [2.05, 4.69) is 31.1 Å². The summed E-state index contributed by atoms with van der Waals surface area (Å²) in [6.07, 6.45) is 5.60. The van der Waals surface area contributed by atoms with Crippen molar-refractivity contribution in [3.63, 3.8) is 0 Å². The molecule has 0 radical (unpaired) electrons. The van der Waals surface area contributed by atoms with Crippen LogP contribution in [0, 0.1) is 18.8 Å². The van der Waals surface area contributed by atoms with Gasteiger partial charge in [0.25, 0.3) is 0 Å². The fourth-order valence-corrected chi connectivity index (χ4v) is 2.80. The summed E-state index contributed by atoms with van der Waals surface area (Å²) >= 11 is 0. The van der Waals surface area contributed by atoms with E-state index in [9.17, 15) is 0 Å². The van der Waals surface area contributed by atoms with Gasteiger partial charge in [-0.15, -0.1) is 0 Å². The molecular formula is C14H23N3. The summed E-state index contributed by atoms with van der Waals surface area (Å²) in [7, 11) is 0. The molecular weight excluding hydrogens is 210 g/mol. The smallest absolute Gasteiger partial charge is 0.129 e. The number of hydrogen-bond donors (Lipinski definition) is 2. The molecule has 1 aromatic rings. The molecule has 17 heavy (non-hydrogen) atoms. The van der Waals surface area contributed by atoms with Crippen LogP contribution in [0.15, 0.2) is 12.3 Å². The van der Waals surface area contributed by atoms with Gasteiger partial charge >= 0.3 is 0 Å². The lowest BCUT2D eigenvalue weighted by atomic mass is 9.80. The van der Waals surface area contributed by atoms with E-state index < -0.39 is 0 Å². The van der Waals surface area contributed by atoms with E-state index in [0.29, 0.717) is 6.04 Å². The predicted molar refractivity (Wildman–Crippen MR) is 73.0 cm³/mol. The highest BCUT2D eigenvalue weighted by Crippen LogP contribution is 2.31. The first-order valence-corrected chi connectivity index (χ1v) is 6.55. The highest BCUT2D eigenvalue weighted by Gasteiger charge is 2.25. The topological polar surface area (TPSA) is 50.9 Å². The van der Waals surface area contributed by atoms with E-state index in [1.54, 1.807) is 6.20 Å². The number of hydrogen-bond acceptors (Lipinski definition) is 3. The first kappa shape index (κ1) is 12.2. The second kappa shape index (κ2) is 4.94. The highest BCUT2D eigenvalue weighted by molar-refractivity contribution is 5.51. The Morgan fingerprint density at radius 2 is 2.12 bits per heavy atom. The van der Waals surface area contributed by atoms with Crippen LogP contribution >= 0.6 is 0 Å². The number of aromatic nitrogens is 1. The maximum Gasteiger partial charge on any atom is 0.129 e. The highest BCUT2D eigenvalue weighted by atomic mass is 15.0. The Balaban J connectivity index is 2.05. The molecule has 94 valence electrons. The zero-order valence-corrected chi connectivity index (χ0v) is 11.0. The van der Waals surface area contributed by atoms with E-state index in [-0.39, 0.29) is 0 Å². The number of nitrogens with one attached hydrogen (secondary N) is 1. The number of nitrogens with zero attached hydrogens (tertiary/aromatic N) is 1. The lowest BCUT2D eigenvalue weighted by Crippen LogP contribution is -2.33. The molecule has 1 heterocycles. The average molecular weight is 233 g/mol. The van der Waals surface area contributed by atoms with Gasteiger partial charge in [0.1, 0.15) is 5.82 Å². The molecule has 0 amide bonds. The molecule has 2 rings (SSSR count). The zero-order chi connectivity index (χ0) is 12.4. The molecule has 1 aromatic heterocycles. The molecule has 3 heteroatoms. The summed E-state index contributed by atoms with van der Waals surface area (Å²) < 4.78 is 0. The van der Waals surface area contributed by atoms with Gasteiger partial charge in [-0.2, -0.15) is 0 Å². The van der Waals surface area contributed by atoms with E-state index in [1.807, 2.05) is 6.07 Å². The molecule has 0 bridgehead atoms. The van der Waals surface area contributed by atoms with Crippen molar-refractivity contribution in [3.05, 3.63) is 17.8 Å². The lowest BCUT2D eigenvalue weighted by molar-refractivity contribution is 0.276. The molecule has 3 nitrogen and oxygen atoms in total. The monoisotopic (exact) mass is 233 g/mol. The summed E-state index contributed by atoms with van der Waals surface area (Å²) in [5.74, 6) is 2.58. The van der Waals surface area contributed by atoms with Crippen molar-refractivity contribution < 1.29 is 0 Å². The van der Waals surface area contributed by atoms with Crippen molar-refractivity contribution in [3.8, 4) is 0 Å². The second-order valence-electron chi connectivity index (χ2n) is 5.58. The Morgan fingerprint density at radius 1 is 1.35 bits per heavy atom. The third-order valence-electron chi connectivity index (χ3n) is 3.85. The van der Waals surface area contributed by atoms with Crippen LogP contribution in [0.5, 0.6) is 0 Å². The minimum atomic E-state index is 0.557.